The van der Waals surface area contributed by atoms with Crippen LogP contribution in [0.15, 0.2) is 47.5 Å². The Hall–Kier alpha value is -3.19. The molecule has 144 valence electrons. The number of ether oxygens (including phenoxy) is 1. The van der Waals surface area contributed by atoms with Crippen LogP contribution in [0.1, 0.15) is 16.8 Å². The van der Waals surface area contributed by atoms with Crippen molar-refractivity contribution in [1.29, 1.82) is 0 Å². The lowest BCUT2D eigenvalue weighted by Crippen LogP contribution is -2.45. The topological polar surface area (TPSA) is 74.7 Å². The molecule has 2 aromatic carbocycles. The number of anilines is 1. The number of nitrogens with one attached hydrogen (secondary N) is 2. The zero-order valence-electron chi connectivity index (χ0n) is 16.4. The first kappa shape index (κ1) is 18.2. The summed E-state index contributed by atoms with van der Waals surface area (Å²) in [5.41, 5.74) is 4.20. The van der Waals surface area contributed by atoms with E-state index in [1.54, 1.807) is 7.11 Å². The molecule has 7 nitrogen and oxygen atoms in total. The van der Waals surface area contributed by atoms with Crippen molar-refractivity contribution >= 4 is 22.8 Å². The number of aryl methyl sites for hydroxylation is 2. The Morgan fingerprint density at radius 2 is 2.00 bits per heavy atom. The first-order valence-corrected chi connectivity index (χ1v) is 9.27. The van der Waals surface area contributed by atoms with E-state index < -0.39 is 0 Å². The van der Waals surface area contributed by atoms with E-state index in [4.69, 9.17) is 4.74 Å². The van der Waals surface area contributed by atoms with Gasteiger partial charge >= 0.3 is 0 Å². The summed E-state index contributed by atoms with van der Waals surface area (Å²) >= 11 is 0. The highest BCUT2D eigenvalue weighted by Crippen LogP contribution is 2.20. The van der Waals surface area contributed by atoms with Gasteiger partial charge in [0.2, 0.25) is 11.9 Å². The number of hydrogen-bond donors (Lipinski definition) is 2. The molecule has 1 aromatic heterocycles. The number of rotatable bonds is 4. The lowest BCUT2D eigenvalue weighted by atomic mass is 10.1. The third kappa shape index (κ3) is 3.89. The van der Waals surface area contributed by atoms with E-state index in [1.165, 1.54) is 5.56 Å². The standard InChI is InChI=1S/C21H24N6O/c1-14-8-9-17-15(2)24-21(25-18(17)10-14)26-20-22-12-27(13-23-20)11-16-6-4-5-7-19(16)28-3/h4-10H,11-13H2,1-3H3,(H2,22,23,24,25,26). The van der Waals surface area contributed by atoms with E-state index >= 15 is 0 Å². The van der Waals surface area contributed by atoms with Crippen molar-refractivity contribution in [1.82, 2.24) is 20.2 Å². The highest BCUT2D eigenvalue weighted by Gasteiger charge is 2.15. The zero-order valence-corrected chi connectivity index (χ0v) is 16.4. The minimum Gasteiger partial charge on any atom is -0.496 e. The van der Waals surface area contributed by atoms with Crippen LogP contribution < -0.4 is 15.4 Å². The average Bonchev–Trinajstić information content (AvgIpc) is 2.69. The maximum absolute atomic E-state index is 5.43. The second-order valence-electron chi connectivity index (χ2n) is 6.90. The fourth-order valence-electron chi connectivity index (χ4n) is 3.29. The van der Waals surface area contributed by atoms with Crippen molar-refractivity contribution in [2.75, 3.05) is 25.8 Å². The van der Waals surface area contributed by atoms with Crippen LogP contribution in [0.2, 0.25) is 0 Å². The van der Waals surface area contributed by atoms with Gasteiger partial charge in [0.1, 0.15) is 5.75 Å². The molecule has 2 heterocycles. The Bertz CT molecular complexity index is 1030. The highest BCUT2D eigenvalue weighted by molar-refractivity contribution is 5.93. The maximum atomic E-state index is 5.43. The molecule has 2 N–H and O–H groups in total. The quantitative estimate of drug-likeness (QED) is 0.729. The molecule has 0 saturated carbocycles. The van der Waals surface area contributed by atoms with Crippen molar-refractivity contribution in [2.45, 2.75) is 20.4 Å². The lowest BCUT2D eigenvalue weighted by Gasteiger charge is -2.27. The Balaban J connectivity index is 1.45. The van der Waals surface area contributed by atoms with Gasteiger partial charge in [-0.15, -0.1) is 0 Å². The van der Waals surface area contributed by atoms with Gasteiger partial charge in [-0.3, -0.25) is 10.2 Å². The number of para-hydroxylation sites is 1. The van der Waals surface area contributed by atoms with Crippen molar-refractivity contribution < 1.29 is 4.74 Å². The van der Waals surface area contributed by atoms with E-state index in [-0.39, 0.29) is 0 Å². The van der Waals surface area contributed by atoms with Gasteiger partial charge in [-0.25, -0.2) is 15.0 Å². The minimum absolute atomic E-state index is 0.556. The van der Waals surface area contributed by atoms with Crippen LogP contribution >= 0.6 is 0 Å². The Kier molecular flexibility index (Phi) is 5.08. The monoisotopic (exact) mass is 376 g/mol. The summed E-state index contributed by atoms with van der Waals surface area (Å²) in [6.07, 6.45) is 0. The van der Waals surface area contributed by atoms with E-state index in [1.807, 2.05) is 25.1 Å². The second kappa shape index (κ2) is 7.82. The Morgan fingerprint density at radius 3 is 2.79 bits per heavy atom. The highest BCUT2D eigenvalue weighted by atomic mass is 16.5. The van der Waals surface area contributed by atoms with E-state index in [0.29, 0.717) is 25.2 Å². The predicted molar refractivity (Wildman–Crippen MR) is 111 cm³/mol. The normalized spacial score (nSPS) is 14.5. The van der Waals surface area contributed by atoms with Crippen LogP contribution in [0, 0.1) is 13.8 Å². The molecule has 1 aliphatic heterocycles. The van der Waals surface area contributed by atoms with Gasteiger partial charge < -0.3 is 10.1 Å². The molecular weight excluding hydrogens is 352 g/mol. The summed E-state index contributed by atoms with van der Waals surface area (Å²) in [6, 6.07) is 14.3. The van der Waals surface area contributed by atoms with Gasteiger partial charge in [-0.05, 0) is 31.5 Å². The number of fused-ring (bicyclic) bond motifs is 1. The summed E-state index contributed by atoms with van der Waals surface area (Å²) in [6.45, 7) is 6.08. The van der Waals surface area contributed by atoms with Crippen molar-refractivity contribution in [2.24, 2.45) is 4.99 Å². The van der Waals surface area contributed by atoms with E-state index in [0.717, 1.165) is 34.5 Å². The summed E-state index contributed by atoms with van der Waals surface area (Å²) in [4.78, 5) is 16.0. The second-order valence-corrected chi connectivity index (χ2v) is 6.90. The largest absolute Gasteiger partial charge is 0.496 e. The molecule has 0 spiro atoms. The SMILES string of the molecule is COc1ccccc1CN1CN=C(Nc2nc(C)c3ccc(C)cc3n2)NC1. The molecular formula is C21H24N6O. The van der Waals surface area contributed by atoms with E-state index in [2.05, 4.69) is 61.7 Å². The van der Waals surface area contributed by atoms with Gasteiger partial charge in [0.05, 0.1) is 31.7 Å². The van der Waals surface area contributed by atoms with Crippen LogP contribution in [-0.2, 0) is 6.54 Å². The predicted octanol–water partition coefficient (Wildman–Crippen LogP) is 3.04. The number of nitrogens with zero attached hydrogens (tertiary/aromatic N) is 4. The van der Waals surface area contributed by atoms with Crippen LogP contribution in [0.3, 0.4) is 0 Å². The van der Waals surface area contributed by atoms with Gasteiger partial charge in [0.15, 0.2) is 0 Å². The minimum atomic E-state index is 0.556. The first-order chi connectivity index (χ1) is 13.6. The molecule has 0 atom stereocenters. The summed E-state index contributed by atoms with van der Waals surface area (Å²) in [7, 11) is 1.69. The molecule has 3 aromatic rings. The van der Waals surface area contributed by atoms with Gasteiger partial charge in [0, 0.05) is 17.5 Å². The average molecular weight is 376 g/mol. The van der Waals surface area contributed by atoms with Gasteiger partial charge in [0.25, 0.3) is 0 Å². The number of benzene rings is 2. The third-order valence-electron chi connectivity index (χ3n) is 4.76. The van der Waals surface area contributed by atoms with Crippen molar-refractivity contribution in [3.8, 4) is 5.75 Å². The molecule has 7 heteroatoms. The molecule has 0 unspecified atom stereocenters. The number of guanidine groups is 1. The van der Waals surface area contributed by atoms with Gasteiger partial charge in [-0.1, -0.05) is 30.3 Å². The first-order valence-electron chi connectivity index (χ1n) is 9.27. The fourth-order valence-corrected chi connectivity index (χ4v) is 3.29. The Morgan fingerprint density at radius 1 is 1.14 bits per heavy atom. The van der Waals surface area contributed by atoms with Crippen LogP contribution in [-0.4, -0.2) is 41.3 Å². The molecule has 28 heavy (non-hydrogen) atoms. The third-order valence-corrected chi connectivity index (χ3v) is 4.76. The maximum Gasteiger partial charge on any atom is 0.230 e. The molecule has 0 fully saturated rings. The Labute approximate surface area is 164 Å². The molecule has 0 amide bonds. The molecule has 0 bridgehead atoms. The fraction of sp³-hybridized carbons (Fsp3) is 0.286. The van der Waals surface area contributed by atoms with E-state index in [9.17, 15) is 0 Å². The van der Waals surface area contributed by atoms with Crippen LogP contribution in [0.5, 0.6) is 5.75 Å². The summed E-state index contributed by atoms with van der Waals surface area (Å²) in [5, 5.41) is 7.57. The molecule has 0 radical (unpaired) electrons. The molecule has 0 saturated heterocycles. The molecule has 1 aliphatic rings. The number of methoxy groups -OCH3 is 1. The zero-order chi connectivity index (χ0) is 19.5. The van der Waals surface area contributed by atoms with Crippen LogP contribution in [0.25, 0.3) is 10.9 Å². The number of aromatic nitrogens is 2. The van der Waals surface area contributed by atoms with Gasteiger partial charge in [-0.2, -0.15) is 0 Å². The van der Waals surface area contributed by atoms with Crippen LogP contribution in [0.4, 0.5) is 5.95 Å². The molecule has 4 rings (SSSR count). The summed E-state index contributed by atoms with van der Waals surface area (Å²) < 4.78 is 5.43. The number of hydrogen-bond acceptors (Lipinski definition) is 7. The summed E-state index contributed by atoms with van der Waals surface area (Å²) in [5.74, 6) is 2.13. The van der Waals surface area contributed by atoms with Crippen molar-refractivity contribution in [3.63, 3.8) is 0 Å². The van der Waals surface area contributed by atoms with Crippen molar-refractivity contribution in [3.05, 3.63) is 59.3 Å². The lowest BCUT2D eigenvalue weighted by molar-refractivity contribution is 0.252. The molecule has 0 aliphatic carbocycles. The smallest absolute Gasteiger partial charge is 0.230 e. The number of aliphatic imine (C=N–C) groups is 1.